The number of aromatic nitrogens is 2. The van der Waals surface area contributed by atoms with E-state index < -0.39 is 91.3 Å². The molecule has 0 N–H and O–H groups in total. The number of hydrogen-bond donors (Lipinski definition) is 0. The Hall–Kier alpha value is -8.55. The molecule has 0 amide bonds. The minimum atomic E-state index is -1.33. The Bertz CT molecular complexity index is 4230. The third-order valence-electron chi connectivity index (χ3n) is 20.0. The summed E-state index contributed by atoms with van der Waals surface area (Å²) in [6.07, 6.45) is -5.42. The van der Waals surface area contributed by atoms with Crippen LogP contribution in [0.1, 0.15) is 82.7 Å². The van der Waals surface area contributed by atoms with Gasteiger partial charge in [-0.1, -0.05) is 280 Å². The fourth-order valence-corrected chi connectivity index (χ4v) is 15.2. The van der Waals surface area contributed by atoms with Gasteiger partial charge in [-0.2, -0.15) is 0 Å². The highest BCUT2D eigenvalue weighted by molar-refractivity contribution is 7.99. The number of benzene rings is 9. The lowest BCUT2D eigenvalue weighted by atomic mass is 9.95. The van der Waals surface area contributed by atoms with Gasteiger partial charge >= 0.3 is 5.97 Å². The molecule has 3 aliphatic rings. The lowest BCUT2D eigenvalue weighted by Gasteiger charge is -2.52. The summed E-state index contributed by atoms with van der Waals surface area (Å²) < 4.78 is 114. The number of ether oxygens (including phenoxy) is 15. The van der Waals surface area contributed by atoms with Gasteiger partial charge in [0.1, 0.15) is 97.7 Å². The van der Waals surface area contributed by atoms with Gasteiger partial charge in [-0.3, -0.25) is 4.79 Å². The molecule has 13 rings (SSSR count). The number of hydrogen-bond acceptors (Lipinski definition) is 17. The fourth-order valence-electron chi connectivity index (χ4n) is 14.2. The maximum absolute atomic E-state index is 14.3. The number of aryl methyl sites for hydroxylation is 2. The van der Waals surface area contributed by atoms with Gasteiger partial charge in [-0.25, -0.2) is 9.13 Å². The second-order valence-corrected chi connectivity index (χ2v) is 29.8. The van der Waals surface area contributed by atoms with Crippen LogP contribution in [0.5, 0.6) is 0 Å². The SMILES string of the molecule is CCS[C@@H]1O[C@H](COC(=O)CCCCCn2cc[n+](C)c2)[C@@H](O[C@H]2O[C@H](COCc3ccccc3)[C@@H](O[C@@H]3O[C@H](COCc4ccccc4)[C@@H](OCc4ccccc4)[C@H](OCc4ccccc4)[C@H]3OCc3ccccc3)[C@H](OCc3ccccc3)[C@H]2OCc2ccccc2)[C@H](OCc2ccccc2)[C@H]1OCc1ccccc1. The van der Waals surface area contributed by atoms with Crippen molar-refractivity contribution in [1.82, 2.24) is 4.57 Å². The monoisotopic (exact) mass is 1540 g/mol. The molecule has 1 aromatic heterocycles. The molecule has 0 unspecified atom stereocenters. The standard InChI is InChI=1S/C93H105N2O16S/c1-3-112-93-90(106-64-77-50-30-12-31-51-77)87(103-61-74-44-24-9-25-45-74)84(80(109-93)67-99-81(96)52-32-13-33-53-95-55-54-94(2)68-95)111-92-89(105-63-76-48-28-11-29-49-76)86(102-60-73-42-22-8-23-43-73)83(79(108-92)66-98-57-70-36-16-5-17-37-70)110-91-88(104-62-75-46-26-10-27-47-75)85(101-59-72-40-20-7-21-41-72)82(100-58-71-38-18-6-19-39-71)78(107-91)65-97-56-69-34-14-4-15-35-69/h4-12,14-31,34-51,54-55,68,78-80,82-93H,3,13,32-33,52-53,56-67H2,1-2H3/q+1/t78-,79-,80-,82-,83-,84-,85+,86+,87+,88-,89-,90-,91+,92-,93+/m1/s1. The molecule has 4 heterocycles. The summed E-state index contributed by atoms with van der Waals surface area (Å²) in [4.78, 5) is 14.3. The quantitative estimate of drug-likeness (QED) is 0.0201. The first kappa shape index (κ1) is 81.5. The van der Waals surface area contributed by atoms with Crippen LogP contribution in [-0.2, 0) is 149 Å². The molecule has 3 saturated heterocycles. The van der Waals surface area contributed by atoms with Gasteiger partial charge in [0.25, 0.3) is 0 Å². The highest BCUT2D eigenvalue weighted by Gasteiger charge is 2.57. The Morgan fingerprint density at radius 1 is 0.357 bits per heavy atom. The predicted octanol–water partition coefficient (Wildman–Crippen LogP) is 15.6. The second kappa shape index (κ2) is 44.2. The van der Waals surface area contributed by atoms with Crippen LogP contribution in [0.3, 0.4) is 0 Å². The number of nitrogens with zero attached hydrogens (tertiary/aromatic N) is 2. The van der Waals surface area contributed by atoms with E-state index in [0.717, 1.165) is 69.5 Å². The highest BCUT2D eigenvalue weighted by Crippen LogP contribution is 2.41. The third kappa shape index (κ3) is 24.7. The molecular formula is C93H105N2O16S+. The summed E-state index contributed by atoms with van der Waals surface area (Å²) in [6, 6.07) is 90.2. The first-order valence-corrected chi connectivity index (χ1v) is 40.2. The van der Waals surface area contributed by atoms with Crippen molar-refractivity contribution in [3.63, 3.8) is 0 Å². The van der Waals surface area contributed by atoms with E-state index in [4.69, 9.17) is 71.1 Å². The Balaban J connectivity index is 0.919. The average molecular weight is 1540 g/mol. The first-order valence-electron chi connectivity index (χ1n) is 39.2. The number of esters is 1. The Morgan fingerprint density at radius 3 is 1.03 bits per heavy atom. The molecular weight excluding hydrogens is 1430 g/mol. The summed E-state index contributed by atoms with van der Waals surface area (Å²) in [5.74, 6) is 0.309. The summed E-state index contributed by atoms with van der Waals surface area (Å²) in [6.45, 7) is 4.38. The maximum Gasteiger partial charge on any atom is 0.305 e. The van der Waals surface area contributed by atoms with Gasteiger partial charge < -0.3 is 71.1 Å². The van der Waals surface area contributed by atoms with Gasteiger partial charge in [0.15, 0.2) is 12.6 Å². The lowest BCUT2D eigenvalue weighted by Crippen LogP contribution is -2.68. The van der Waals surface area contributed by atoms with Gasteiger partial charge in [-0.05, 0) is 75.1 Å². The summed E-state index contributed by atoms with van der Waals surface area (Å²) in [5, 5.41) is 0. The largest absolute Gasteiger partial charge is 0.463 e. The van der Waals surface area contributed by atoms with Crippen LogP contribution in [0.4, 0.5) is 0 Å². The van der Waals surface area contributed by atoms with Crippen molar-refractivity contribution in [3.05, 3.63) is 342 Å². The minimum Gasteiger partial charge on any atom is -0.463 e. The van der Waals surface area contributed by atoms with E-state index in [-0.39, 0.29) is 91.7 Å². The van der Waals surface area contributed by atoms with Crippen molar-refractivity contribution in [2.75, 3.05) is 25.6 Å². The van der Waals surface area contributed by atoms with Crippen molar-refractivity contribution in [3.8, 4) is 0 Å². The van der Waals surface area contributed by atoms with E-state index in [1.807, 2.05) is 291 Å². The molecule has 0 saturated carbocycles. The third-order valence-corrected chi connectivity index (χ3v) is 21.0. The van der Waals surface area contributed by atoms with E-state index >= 15 is 0 Å². The normalized spacial score (nSPS) is 23.8. The van der Waals surface area contributed by atoms with Crippen molar-refractivity contribution >= 4 is 17.7 Å². The van der Waals surface area contributed by atoms with Crippen LogP contribution in [0, 0.1) is 0 Å². The van der Waals surface area contributed by atoms with Crippen molar-refractivity contribution < 1.29 is 80.4 Å². The molecule has 0 spiro atoms. The zero-order valence-corrected chi connectivity index (χ0v) is 64.8. The molecule has 3 aliphatic heterocycles. The van der Waals surface area contributed by atoms with E-state index in [2.05, 4.69) is 24.0 Å². The molecule has 588 valence electrons. The average Bonchev–Trinajstić information content (AvgIpc) is 0.770. The number of unbranched alkanes of at least 4 members (excludes halogenated alkanes) is 2. The Kier molecular flexibility index (Phi) is 32.2. The topological polar surface area (TPSA) is 164 Å². The summed E-state index contributed by atoms with van der Waals surface area (Å²) in [5.41, 5.74) is 7.76. The van der Waals surface area contributed by atoms with Gasteiger partial charge in [-0.15, -0.1) is 11.8 Å². The number of carbonyl (C=O) groups excluding carboxylic acids is 1. The molecule has 0 radical (unpaired) electrons. The van der Waals surface area contributed by atoms with Crippen LogP contribution < -0.4 is 4.57 Å². The summed E-state index contributed by atoms with van der Waals surface area (Å²) in [7, 11) is 2.01. The second-order valence-electron chi connectivity index (χ2n) is 28.4. The van der Waals surface area contributed by atoms with E-state index in [9.17, 15) is 4.79 Å². The zero-order chi connectivity index (χ0) is 76.6. The lowest BCUT2D eigenvalue weighted by molar-refractivity contribution is -0.671. The summed E-state index contributed by atoms with van der Waals surface area (Å²) >= 11 is 1.59. The van der Waals surface area contributed by atoms with E-state index in [1.165, 1.54) is 0 Å². The number of carbonyl (C=O) groups is 1. The number of rotatable bonds is 43. The van der Waals surface area contributed by atoms with Crippen LogP contribution in [-0.4, -0.2) is 127 Å². The first-order chi connectivity index (χ1) is 55.3. The van der Waals surface area contributed by atoms with Crippen molar-refractivity contribution in [2.45, 2.75) is 190 Å². The van der Waals surface area contributed by atoms with Crippen molar-refractivity contribution in [2.24, 2.45) is 7.05 Å². The Labute approximate surface area is 663 Å². The predicted molar refractivity (Wildman–Crippen MR) is 426 cm³/mol. The van der Waals surface area contributed by atoms with E-state index in [1.54, 1.807) is 11.8 Å². The zero-order valence-electron chi connectivity index (χ0n) is 63.9. The molecule has 112 heavy (non-hydrogen) atoms. The molecule has 10 aromatic rings. The van der Waals surface area contributed by atoms with Crippen LogP contribution >= 0.6 is 11.8 Å². The minimum absolute atomic E-state index is 0.0587. The molecule has 19 heteroatoms. The van der Waals surface area contributed by atoms with Gasteiger partial charge in [0.05, 0.1) is 86.3 Å². The number of thioether (sulfide) groups is 1. The maximum atomic E-state index is 14.3. The van der Waals surface area contributed by atoms with Gasteiger partial charge in [0.2, 0.25) is 6.33 Å². The molecule has 9 aromatic carbocycles. The number of imidazole rings is 1. The molecule has 0 aliphatic carbocycles. The van der Waals surface area contributed by atoms with Crippen molar-refractivity contribution in [1.29, 1.82) is 0 Å². The smallest absolute Gasteiger partial charge is 0.305 e. The van der Waals surface area contributed by atoms with Crippen LogP contribution in [0.25, 0.3) is 0 Å². The van der Waals surface area contributed by atoms with Crippen LogP contribution in [0.2, 0.25) is 0 Å². The fraction of sp³-hybridized carbons (Fsp3) is 0.376. The van der Waals surface area contributed by atoms with Crippen LogP contribution in [0.15, 0.2) is 292 Å². The molecule has 18 nitrogen and oxygen atoms in total. The Morgan fingerprint density at radius 2 is 0.670 bits per heavy atom. The molecule has 3 fully saturated rings. The van der Waals surface area contributed by atoms with Gasteiger partial charge in [0, 0.05) is 6.42 Å². The molecule has 0 bridgehead atoms. The molecule has 15 atom stereocenters. The highest BCUT2D eigenvalue weighted by atomic mass is 32.2. The van der Waals surface area contributed by atoms with E-state index in [0.29, 0.717) is 12.2 Å².